The third-order valence-corrected chi connectivity index (χ3v) is 1.79. The number of hydrogen-bond acceptors (Lipinski definition) is 2. The first-order chi connectivity index (χ1) is 6.63. The number of rotatable bonds is 3. The first-order valence-corrected chi connectivity index (χ1v) is 4.13. The Morgan fingerprint density at radius 3 is 2.79 bits per heavy atom. The molecule has 1 aromatic carbocycles. The highest BCUT2D eigenvalue weighted by Crippen LogP contribution is 2.11. The quantitative estimate of drug-likeness (QED) is 0.690. The summed E-state index contributed by atoms with van der Waals surface area (Å²) in [6, 6.07) is 5.23. The Morgan fingerprint density at radius 2 is 2.14 bits per heavy atom. The maximum Gasteiger partial charge on any atom is 0.127 e. The summed E-state index contributed by atoms with van der Waals surface area (Å²) in [7, 11) is 1.67. The lowest BCUT2D eigenvalue weighted by molar-refractivity contribution is 0.358. The summed E-state index contributed by atoms with van der Waals surface area (Å²) in [5.74, 6) is -0.914. The maximum absolute atomic E-state index is 13.1. The molecule has 0 unspecified atom stereocenters. The SMILES string of the molecule is CN(CC#N)Cc1cc(F)ccc1F. The van der Waals surface area contributed by atoms with Crippen LogP contribution in [-0.2, 0) is 6.54 Å². The number of nitrogens with zero attached hydrogens (tertiary/aromatic N) is 2. The largest absolute Gasteiger partial charge is 0.289 e. The van der Waals surface area contributed by atoms with Crippen LogP contribution in [0.2, 0.25) is 0 Å². The van der Waals surface area contributed by atoms with Gasteiger partial charge in [-0.05, 0) is 25.2 Å². The molecule has 74 valence electrons. The second-order valence-electron chi connectivity index (χ2n) is 3.07. The predicted octanol–water partition coefficient (Wildman–Crippen LogP) is 1.92. The molecular weight excluding hydrogens is 186 g/mol. The number of nitriles is 1. The normalized spacial score (nSPS) is 10.2. The molecule has 0 N–H and O–H groups in total. The van der Waals surface area contributed by atoms with Gasteiger partial charge in [-0.3, -0.25) is 4.90 Å². The average molecular weight is 196 g/mol. The van der Waals surface area contributed by atoms with Crippen molar-refractivity contribution < 1.29 is 8.78 Å². The second kappa shape index (κ2) is 4.68. The van der Waals surface area contributed by atoms with E-state index in [2.05, 4.69) is 0 Å². The zero-order chi connectivity index (χ0) is 10.6. The lowest BCUT2D eigenvalue weighted by Gasteiger charge is -2.12. The van der Waals surface area contributed by atoms with Gasteiger partial charge >= 0.3 is 0 Å². The monoisotopic (exact) mass is 196 g/mol. The Hall–Kier alpha value is -1.47. The van der Waals surface area contributed by atoms with Crippen molar-refractivity contribution >= 4 is 0 Å². The van der Waals surface area contributed by atoms with Crippen LogP contribution in [0.3, 0.4) is 0 Å². The topological polar surface area (TPSA) is 27.0 Å². The van der Waals surface area contributed by atoms with Gasteiger partial charge in [-0.2, -0.15) is 5.26 Å². The third kappa shape index (κ3) is 2.79. The Labute approximate surface area is 81.4 Å². The lowest BCUT2D eigenvalue weighted by atomic mass is 10.2. The minimum Gasteiger partial charge on any atom is -0.289 e. The number of benzene rings is 1. The van der Waals surface area contributed by atoms with Gasteiger partial charge in [0.2, 0.25) is 0 Å². The summed E-state index contributed by atoms with van der Waals surface area (Å²) >= 11 is 0. The molecule has 0 radical (unpaired) electrons. The number of hydrogen-bond donors (Lipinski definition) is 0. The van der Waals surface area contributed by atoms with Crippen LogP contribution in [0.15, 0.2) is 18.2 Å². The Bertz CT molecular complexity index is 358. The van der Waals surface area contributed by atoms with Gasteiger partial charge in [-0.1, -0.05) is 0 Å². The van der Waals surface area contributed by atoms with E-state index in [4.69, 9.17) is 5.26 Å². The third-order valence-electron chi connectivity index (χ3n) is 1.79. The van der Waals surface area contributed by atoms with E-state index >= 15 is 0 Å². The van der Waals surface area contributed by atoms with Crippen molar-refractivity contribution in [2.75, 3.05) is 13.6 Å². The molecule has 0 saturated heterocycles. The zero-order valence-corrected chi connectivity index (χ0v) is 7.80. The molecule has 0 fully saturated rings. The van der Waals surface area contributed by atoms with Crippen LogP contribution < -0.4 is 0 Å². The van der Waals surface area contributed by atoms with Crippen LogP contribution >= 0.6 is 0 Å². The van der Waals surface area contributed by atoms with E-state index in [1.54, 1.807) is 11.9 Å². The first-order valence-electron chi connectivity index (χ1n) is 4.13. The summed E-state index contributed by atoms with van der Waals surface area (Å²) < 4.78 is 25.8. The minimum atomic E-state index is -0.466. The van der Waals surface area contributed by atoms with Gasteiger partial charge in [0.1, 0.15) is 11.6 Å². The molecule has 1 rings (SSSR count). The minimum absolute atomic E-state index is 0.190. The van der Waals surface area contributed by atoms with Gasteiger partial charge in [-0.15, -0.1) is 0 Å². The zero-order valence-electron chi connectivity index (χ0n) is 7.80. The molecule has 2 nitrogen and oxygen atoms in total. The fourth-order valence-electron chi connectivity index (χ4n) is 1.13. The van der Waals surface area contributed by atoms with Crippen LogP contribution in [0.25, 0.3) is 0 Å². The summed E-state index contributed by atoms with van der Waals surface area (Å²) in [5.41, 5.74) is 0.266. The van der Waals surface area contributed by atoms with Crippen molar-refractivity contribution in [2.45, 2.75) is 6.54 Å². The van der Waals surface area contributed by atoms with Crippen molar-refractivity contribution in [1.29, 1.82) is 5.26 Å². The van der Waals surface area contributed by atoms with Gasteiger partial charge in [0, 0.05) is 12.1 Å². The maximum atomic E-state index is 13.1. The van der Waals surface area contributed by atoms with Gasteiger partial charge in [0.25, 0.3) is 0 Å². The molecule has 0 heterocycles. The van der Waals surface area contributed by atoms with Crippen LogP contribution in [0.5, 0.6) is 0 Å². The summed E-state index contributed by atoms with van der Waals surface area (Å²) in [5, 5.41) is 8.38. The van der Waals surface area contributed by atoms with E-state index in [1.165, 1.54) is 0 Å². The van der Waals surface area contributed by atoms with E-state index < -0.39 is 11.6 Å². The Morgan fingerprint density at radius 1 is 1.43 bits per heavy atom. The first kappa shape index (κ1) is 10.6. The van der Waals surface area contributed by atoms with Crippen LogP contribution in [0, 0.1) is 23.0 Å². The Balaban J connectivity index is 2.76. The highest BCUT2D eigenvalue weighted by atomic mass is 19.1. The lowest BCUT2D eigenvalue weighted by Crippen LogP contribution is -2.18. The van der Waals surface area contributed by atoms with Crippen LogP contribution in [0.1, 0.15) is 5.56 Å². The summed E-state index contributed by atoms with van der Waals surface area (Å²) in [6.07, 6.45) is 0. The summed E-state index contributed by atoms with van der Waals surface area (Å²) in [4.78, 5) is 1.61. The molecule has 4 heteroatoms. The second-order valence-corrected chi connectivity index (χ2v) is 3.07. The van der Waals surface area contributed by atoms with Gasteiger partial charge < -0.3 is 0 Å². The predicted molar refractivity (Wildman–Crippen MR) is 48.3 cm³/mol. The van der Waals surface area contributed by atoms with E-state index in [0.29, 0.717) is 0 Å². The molecule has 0 spiro atoms. The molecule has 0 aliphatic carbocycles. The molecule has 1 aromatic rings. The molecule has 0 amide bonds. The van der Waals surface area contributed by atoms with Crippen molar-refractivity contribution in [3.05, 3.63) is 35.4 Å². The van der Waals surface area contributed by atoms with Crippen molar-refractivity contribution in [3.8, 4) is 6.07 Å². The average Bonchev–Trinajstić information content (AvgIpc) is 2.12. The molecule has 0 aromatic heterocycles. The van der Waals surface area contributed by atoms with Crippen molar-refractivity contribution in [3.63, 3.8) is 0 Å². The molecule has 0 bridgehead atoms. The molecular formula is C10H10F2N2. The molecule has 0 atom stereocenters. The van der Waals surface area contributed by atoms with Gasteiger partial charge in [0.05, 0.1) is 12.6 Å². The fourth-order valence-corrected chi connectivity index (χ4v) is 1.13. The smallest absolute Gasteiger partial charge is 0.127 e. The van der Waals surface area contributed by atoms with E-state index in [1.807, 2.05) is 6.07 Å². The van der Waals surface area contributed by atoms with Crippen LogP contribution in [0.4, 0.5) is 8.78 Å². The standard InChI is InChI=1S/C10H10F2N2/c1-14(5-4-13)7-8-6-9(11)2-3-10(8)12/h2-3,6H,5,7H2,1H3. The van der Waals surface area contributed by atoms with E-state index in [9.17, 15) is 8.78 Å². The molecule has 14 heavy (non-hydrogen) atoms. The van der Waals surface area contributed by atoms with Gasteiger partial charge in [0.15, 0.2) is 0 Å². The highest BCUT2D eigenvalue weighted by molar-refractivity contribution is 5.18. The van der Waals surface area contributed by atoms with Crippen LogP contribution in [-0.4, -0.2) is 18.5 Å². The van der Waals surface area contributed by atoms with Crippen molar-refractivity contribution in [2.24, 2.45) is 0 Å². The van der Waals surface area contributed by atoms with E-state index in [0.717, 1.165) is 18.2 Å². The molecule has 0 aliphatic rings. The fraction of sp³-hybridized carbons (Fsp3) is 0.300. The molecule has 0 saturated carbocycles. The highest BCUT2D eigenvalue weighted by Gasteiger charge is 2.06. The van der Waals surface area contributed by atoms with Gasteiger partial charge in [-0.25, -0.2) is 8.78 Å². The van der Waals surface area contributed by atoms with E-state index in [-0.39, 0.29) is 18.7 Å². The number of halogens is 2. The molecule has 0 aliphatic heterocycles. The summed E-state index contributed by atoms with van der Waals surface area (Å²) in [6.45, 7) is 0.424. The Kier molecular flexibility index (Phi) is 3.55. The van der Waals surface area contributed by atoms with Crippen molar-refractivity contribution in [1.82, 2.24) is 4.90 Å².